The summed E-state index contributed by atoms with van der Waals surface area (Å²) in [6.45, 7) is 5.91. The van der Waals surface area contributed by atoms with E-state index in [1.54, 1.807) is 0 Å². The maximum atomic E-state index is 9.14. The lowest BCUT2D eigenvalue weighted by Gasteiger charge is -2.39. The van der Waals surface area contributed by atoms with Gasteiger partial charge < -0.3 is 20.5 Å². The van der Waals surface area contributed by atoms with Crippen molar-refractivity contribution in [2.45, 2.75) is 19.3 Å². The Labute approximate surface area is 97.7 Å². The highest BCUT2D eigenvalue weighted by atomic mass is 16.5. The first-order valence-corrected chi connectivity index (χ1v) is 6.39. The third kappa shape index (κ3) is 2.74. The van der Waals surface area contributed by atoms with Crippen LogP contribution in [0.4, 0.5) is 0 Å². The van der Waals surface area contributed by atoms with Crippen LogP contribution < -0.4 is 5.73 Å². The van der Waals surface area contributed by atoms with Gasteiger partial charge in [0.25, 0.3) is 0 Å². The Morgan fingerprint density at radius 3 is 2.94 bits per heavy atom. The van der Waals surface area contributed by atoms with Crippen molar-refractivity contribution in [1.29, 1.82) is 0 Å². The number of aliphatic hydroxyl groups excluding tert-OH is 1. The number of likely N-dealkylation sites (tertiary alicyclic amines) is 1. The summed E-state index contributed by atoms with van der Waals surface area (Å²) >= 11 is 0. The first-order chi connectivity index (χ1) is 7.78. The van der Waals surface area contributed by atoms with E-state index < -0.39 is 0 Å². The molecular formula is C12H24N2O2. The normalized spacial score (nSPS) is 36.8. The molecule has 2 fully saturated rings. The van der Waals surface area contributed by atoms with E-state index in [0.29, 0.717) is 19.1 Å². The van der Waals surface area contributed by atoms with Gasteiger partial charge in [-0.1, -0.05) is 0 Å². The number of aliphatic hydroxyl groups is 1. The fourth-order valence-corrected chi connectivity index (χ4v) is 2.94. The standard InChI is InChI=1S/C12H24N2O2/c13-8-12(3-1-5-16-10-12)9-14-4-2-11(6-14)7-15/h11,15H,1-10,13H2. The SMILES string of the molecule is NCC1(CN2CCC(CO)C2)CCCOC1. The molecule has 3 N–H and O–H groups in total. The monoisotopic (exact) mass is 228 g/mol. The Bertz CT molecular complexity index is 217. The van der Waals surface area contributed by atoms with Crippen LogP contribution in [0.25, 0.3) is 0 Å². The van der Waals surface area contributed by atoms with Gasteiger partial charge in [-0.15, -0.1) is 0 Å². The van der Waals surface area contributed by atoms with Crippen LogP contribution in [0.1, 0.15) is 19.3 Å². The molecule has 0 aliphatic carbocycles. The van der Waals surface area contributed by atoms with Gasteiger partial charge in [0, 0.05) is 38.3 Å². The predicted molar refractivity (Wildman–Crippen MR) is 63.2 cm³/mol. The molecule has 2 saturated heterocycles. The average Bonchev–Trinajstić information content (AvgIpc) is 2.78. The quantitative estimate of drug-likeness (QED) is 0.714. The molecule has 2 unspecified atom stereocenters. The summed E-state index contributed by atoms with van der Waals surface area (Å²) in [5, 5.41) is 9.14. The van der Waals surface area contributed by atoms with Crippen LogP contribution in [0.3, 0.4) is 0 Å². The number of ether oxygens (including phenoxy) is 1. The maximum absolute atomic E-state index is 9.14. The fourth-order valence-electron chi connectivity index (χ4n) is 2.94. The smallest absolute Gasteiger partial charge is 0.0546 e. The molecule has 0 spiro atoms. The van der Waals surface area contributed by atoms with Gasteiger partial charge in [-0.05, 0) is 31.7 Å². The Morgan fingerprint density at radius 1 is 1.50 bits per heavy atom. The van der Waals surface area contributed by atoms with Crippen molar-refractivity contribution in [3.8, 4) is 0 Å². The Hall–Kier alpha value is -0.160. The molecule has 0 bridgehead atoms. The van der Waals surface area contributed by atoms with Crippen molar-refractivity contribution >= 4 is 0 Å². The summed E-state index contributed by atoms with van der Waals surface area (Å²) in [4.78, 5) is 2.45. The Balaban J connectivity index is 1.86. The molecule has 0 radical (unpaired) electrons. The van der Waals surface area contributed by atoms with Crippen LogP contribution in [0.5, 0.6) is 0 Å². The summed E-state index contributed by atoms with van der Waals surface area (Å²) in [6, 6.07) is 0. The van der Waals surface area contributed by atoms with Crippen LogP contribution in [0, 0.1) is 11.3 Å². The molecule has 2 heterocycles. The molecule has 4 nitrogen and oxygen atoms in total. The molecule has 0 saturated carbocycles. The number of rotatable bonds is 4. The molecular weight excluding hydrogens is 204 g/mol. The zero-order valence-corrected chi connectivity index (χ0v) is 10.0. The topological polar surface area (TPSA) is 58.7 Å². The molecule has 2 atom stereocenters. The van der Waals surface area contributed by atoms with Gasteiger partial charge in [-0.25, -0.2) is 0 Å². The lowest BCUT2D eigenvalue weighted by atomic mass is 9.82. The molecule has 2 rings (SSSR count). The van der Waals surface area contributed by atoms with E-state index in [4.69, 9.17) is 15.6 Å². The van der Waals surface area contributed by atoms with E-state index in [1.165, 1.54) is 6.42 Å². The number of hydrogen-bond donors (Lipinski definition) is 2. The van der Waals surface area contributed by atoms with Crippen molar-refractivity contribution in [2.24, 2.45) is 17.1 Å². The summed E-state index contributed by atoms with van der Waals surface area (Å²) in [5.74, 6) is 0.472. The van der Waals surface area contributed by atoms with Gasteiger partial charge in [0.2, 0.25) is 0 Å². The van der Waals surface area contributed by atoms with Crippen LogP contribution in [0.15, 0.2) is 0 Å². The molecule has 2 aliphatic rings. The fraction of sp³-hybridized carbons (Fsp3) is 1.00. The molecule has 0 aromatic carbocycles. The van der Waals surface area contributed by atoms with Gasteiger partial charge in [0.05, 0.1) is 6.61 Å². The number of nitrogens with two attached hydrogens (primary N) is 1. The van der Waals surface area contributed by atoms with Gasteiger partial charge in [-0.3, -0.25) is 0 Å². The van der Waals surface area contributed by atoms with E-state index in [-0.39, 0.29) is 5.41 Å². The van der Waals surface area contributed by atoms with E-state index in [2.05, 4.69) is 4.90 Å². The van der Waals surface area contributed by atoms with E-state index in [9.17, 15) is 0 Å². The third-order valence-corrected chi connectivity index (χ3v) is 4.02. The zero-order valence-electron chi connectivity index (χ0n) is 10.0. The molecule has 0 aromatic heterocycles. The van der Waals surface area contributed by atoms with Crippen molar-refractivity contribution in [3.05, 3.63) is 0 Å². The van der Waals surface area contributed by atoms with Crippen LogP contribution in [0.2, 0.25) is 0 Å². The second-order valence-electron chi connectivity index (χ2n) is 5.43. The van der Waals surface area contributed by atoms with Crippen LogP contribution >= 0.6 is 0 Å². The highest BCUT2D eigenvalue weighted by Crippen LogP contribution is 2.30. The highest BCUT2D eigenvalue weighted by molar-refractivity contribution is 4.88. The van der Waals surface area contributed by atoms with E-state index in [1.807, 2.05) is 0 Å². The largest absolute Gasteiger partial charge is 0.396 e. The molecule has 94 valence electrons. The van der Waals surface area contributed by atoms with E-state index in [0.717, 1.165) is 45.7 Å². The molecule has 2 aliphatic heterocycles. The van der Waals surface area contributed by atoms with Crippen molar-refractivity contribution < 1.29 is 9.84 Å². The summed E-state index contributed by atoms with van der Waals surface area (Å²) in [7, 11) is 0. The molecule has 0 aromatic rings. The summed E-state index contributed by atoms with van der Waals surface area (Å²) < 4.78 is 5.58. The number of hydrogen-bond acceptors (Lipinski definition) is 4. The zero-order chi connectivity index (χ0) is 11.4. The predicted octanol–water partition coefficient (Wildman–Crippen LogP) is 0.0561. The lowest BCUT2D eigenvalue weighted by Crippen LogP contribution is -2.47. The highest BCUT2D eigenvalue weighted by Gasteiger charge is 2.35. The summed E-state index contributed by atoms with van der Waals surface area (Å²) in [6.07, 6.45) is 3.44. The average molecular weight is 228 g/mol. The van der Waals surface area contributed by atoms with E-state index >= 15 is 0 Å². The first-order valence-electron chi connectivity index (χ1n) is 6.39. The third-order valence-electron chi connectivity index (χ3n) is 4.02. The second kappa shape index (κ2) is 5.45. The molecule has 0 amide bonds. The molecule has 4 heteroatoms. The van der Waals surface area contributed by atoms with Crippen LogP contribution in [-0.2, 0) is 4.74 Å². The number of nitrogens with zero attached hydrogens (tertiary/aromatic N) is 1. The second-order valence-corrected chi connectivity index (χ2v) is 5.43. The van der Waals surface area contributed by atoms with Crippen molar-refractivity contribution in [1.82, 2.24) is 4.90 Å². The van der Waals surface area contributed by atoms with Gasteiger partial charge in [0.15, 0.2) is 0 Å². The van der Waals surface area contributed by atoms with Gasteiger partial charge >= 0.3 is 0 Å². The Kier molecular flexibility index (Phi) is 4.19. The maximum Gasteiger partial charge on any atom is 0.0546 e. The van der Waals surface area contributed by atoms with Crippen molar-refractivity contribution in [3.63, 3.8) is 0 Å². The minimum absolute atomic E-state index is 0.169. The first kappa shape index (κ1) is 12.3. The van der Waals surface area contributed by atoms with Crippen molar-refractivity contribution in [2.75, 3.05) is 46.0 Å². The Morgan fingerprint density at radius 2 is 2.38 bits per heavy atom. The minimum Gasteiger partial charge on any atom is -0.396 e. The summed E-state index contributed by atoms with van der Waals surface area (Å²) in [5.41, 5.74) is 6.10. The lowest BCUT2D eigenvalue weighted by molar-refractivity contribution is -0.0193. The van der Waals surface area contributed by atoms with Gasteiger partial charge in [-0.2, -0.15) is 0 Å². The molecule has 16 heavy (non-hydrogen) atoms. The van der Waals surface area contributed by atoms with Gasteiger partial charge in [0.1, 0.15) is 0 Å². The minimum atomic E-state index is 0.169. The van der Waals surface area contributed by atoms with Crippen LogP contribution in [-0.4, -0.2) is 56.0 Å².